The molecule has 0 aromatic heterocycles. The Labute approximate surface area is 145 Å². The zero-order valence-corrected chi connectivity index (χ0v) is 13.9. The van der Waals surface area contributed by atoms with Gasteiger partial charge in [0.05, 0.1) is 17.7 Å². The summed E-state index contributed by atoms with van der Waals surface area (Å²) in [6, 6.07) is 13.0. The highest BCUT2D eigenvalue weighted by Crippen LogP contribution is 2.16. The Balaban J connectivity index is 1.88. The van der Waals surface area contributed by atoms with Crippen molar-refractivity contribution in [3.05, 3.63) is 59.7 Å². The van der Waals surface area contributed by atoms with Crippen molar-refractivity contribution in [1.29, 1.82) is 0 Å². The third kappa shape index (κ3) is 5.46. The van der Waals surface area contributed by atoms with Gasteiger partial charge in [-0.2, -0.15) is 0 Å². The Morgan fingerprint density at radius 1 is 1.08 bits per heavy atom. The molecule has 0 saturated heterocycles. The molecule has 0 unspecified atom stereocenters. The topological polar surface area (TPSA) is 81.7 Å². The molecule has 0 heterocycles. The van der Waals surface area contributed by atoms with Crippen molar-refractivity contribution < 1.29 is 23.9 Å². The van der Waals surface area contributed by atoms with E-state index in [0.29, 0.717) is 35.5 Å². The first kappa shape index (κ1) is 18.2. The molecule has 2 aromatic carbocycles. The number of esters is 1. The third-order valence-electron chi connectivity index (χ3n) is 3.25. The van der Waals surface area contributed by atoms with Crippen molar-refractivity contribution in [3.63, 3.8) is 0 Å². The molecule has 0 spiro atoms. The maximum atomic E-state index is 11.9. The van der Waals surface area contributed by atoms with Crippen molar-refractivity contribution in [3.8, 4) is 5.75 Å². The number of hydrogen-bond acceptors (Lipinski definition) is 5. The number of carbonyl (C=O) groups excluding carboxylic acids is 3. The standard InChI is InChI=1S/C19H19NO5/c1-2-11-24-19(23)14-7-9-16(10-8-14)20-18(22)13-25-17-6-4-3-5-15(17)12-21/h3-10,12H,2,11,13H2,1H3,(H,20,22). The van der Waals surface area contributed by atoms with Gasteiger partial charge in [0.2, 0.25) is 0 Å². The minimum absolute atomic E-state index is 0.231. The molecule has 0 aliphatic carbocycles. The summed E-state index contributed by atoms with van der Waals surface area (Å²) >= 11 is 0. The normalized spacial score (nSPS) is 9.96. The first-order valence-corrected chi connectivity index (χ1v) is 7.88. The second-order valence-corrected chi connectivity index (χ2v) is 5.21. The number of carbonyl (C=O) groups is 3. The molecule has 2 aromatic rings. The van der Waals surface area contributed by atoms with E-state index in [1.807, 2.05) is 6.92 Å². The lowest BCUT2D eigenvalue weighted by molar-refractivity contribution is -0.118. The van der Waals surface area contributed by atoms with Gasteiger partial charge in [0.25, 0.3) is 5.91 Å². The Kier molecular flexibility index (Phi) is 6.71. The molecule has 25 heavy (non-hydrogen) atoms. The fourth-order valence-electron chi connectivity index (χ4n) is 2.02. The molecule has 2 rings (SSSR count). The second-order valence-electron chi connectivity index (χ2n) is 5.21. The predicted molar refractivity (Wildman–Crippen MR) is 93.0 cm³/mol. The molecule has 1 N–H and O–H groups in total. The highest BCUT2D eigenvalue weighted by molar-refractivity contribution is 5.93. The minimum Gasteiger partial charge on any atom is -0.483 e. The summed E-state index contributed by atoms with van der Waals surface area (Å²) in [6.45, 7) is 2.06. The molecule has 0 atom stereocenters. The van der Waals surface area contributed by atoms with Gasteiger partial charge in [-0.3, -0.25) is 9.59 Å². The molecular weight excluding hydrogens is 322 g/mol. The predicted octanol–water partition coefficient (Wildman–Crippen LogP) is 3.08. The van der Waals surface area contributed by atoms with Crippen LogP contribution in [0.4, 0.5) is 5.69 Å². The van der Waals surface area contributed by atoms with Gasteiger partial charge in [0.15, 0.2) is 12.9 Å². The van der Waals surface area contributed by atoms with Crippen LogP contribution in [0.2, 0.25) is 0 Å². The summed E-state index contributed by atoms with van der Waals surface area (Å²) in [7, 11) is 0. The monoisotopic (exact) mass is 341 g/mol. The molecule has 0 aliphatic rings. The van der Waals surface area contributed by atoms with Gasteiger partial charge >= 0.3 is 5.97 Å². The highest BCUT2D eigenvalue weighted by Gasteiger charge is 2.09. The maximum Gasteiger partial charge on any atom is 0.338 e. The van der Waals surface area contributed by atoms with Crippen molar-refractivity contribution in [1.82, 2.24) is 0 Å². The van der Waals surface area contributed by atoms with E-state index in [9.17, 15) is 14.4 Å². The van der Waals surface area contributed by atoms with E-state index in [1.54, 1.807) is 48.5 Å². The van der Waals surface area contributed by atoms with Crippen LogP contribution in [0.3, 0.4) is 0 Å². The Morgan fingerprint density at radius 3 is 2.48 bits per heavy atom. The van der Waals surface area contributed by atoms with Crippen molar-refractivity contribution >= 4 is 23.9 Å². The number of aldehydes is 1. The number of ether oxygens (including phenoxy) is 2. The second kappa shape index (κ2) is 9.22. The molecule has 0 saturated carbocycles. The molecule has 0 fully saturated rings. The van der Waals surface area contributed by atoms with E-state index in [-0.39, 0.29) is 12.5 Å². The van der Waals surface area contributed by atoms with Crippen LogP contribution in [0.25, 0.3) is 0 Å². The number of benzene rings is 2. The fraction of sp³-hybridized carbons (Fsp3) is 0.211. The zero-order chi connectivity index (χ0) is 18.1. The summed E-state index contributed by atoms with van der Waals surface area (Å²) in [4.78, 5) is 34.5. The number of anilines is 1. The van der Waals surface area contributed by atoms with E-state index < -0.39 is 5.97 Å². The number of hydrogen-bond donors (Lipinski definition) is 1. The third-order valence-corrected chi connectivity index (χ3v) is 3.25. The average molecular weight is 341 g/mol. The van der Waals surface area contributed by atoms with Gasteiger partial charge in [0.1, 0.15) is 5.75 Å². The van der Waals surface area contributed by atoms with E-state index in [4.69, 9.17) is 9.47 Å². The molecule has 6 heteroatoms. The fourth-order valence-corrected chi connectivity index (χ4v) is 2.02. The summed E-state index contributed by atoms with van der Waals surface area (Å²) in [5.41, 5.74) is 1.33. The molecule has 1 amide bonds. The van der Waals surface area contributed by atoms with Crippen molar-refractivity contribution in [2.24, 2.45) is 0 Å². The molecular formula is C19H19NO5. The SMILES string of the molecule is CCCOC(=O)c1ccc(NC(=O)COc2ccccc2C=O)cc1. The van der Waals surface area contributed by atoms with Crippen LogP contribution in [0.1, 0.15) is 34.1 Å². The highest BCUT2D eigenvalue weighted by atomic mass is 16.5. The molecule has 0 bridgehead atoms. The lowest BCUT2D eigenvalue weighted by Gasteiger charge is -2.09. The van der Waals surface area contributed by atoms with Crippen LogP contribution in [0, 0.1) is 0 Å². The largest absolute Gasteiger partial charge is 0.483 e. The van der Waals surface area contributed by atoms with E-state index in [2.05, 4.69) is 5.32 Å². The Morgan fingerprint density at radius 2 is 1.80 bits per heavy atom. The first-order valence-electron chi connectivity index (χ1n) is 7.88. The van der Waals surface area contributed by atoms with E-state index in [0.717, 1.165) is 6.42 Å². The molecule has 130 valence electrons. The van der Waals surface area contributed by atoms with Gasteiger partial charge in [0, 0.05) is 5.69 Å². The van der Waals surface area contributed by atoms with Crippen LogP contribution in [-0.4, -0.2) is 31.4 Å². The number of amides is 1. The van der Waals surface area contributed by atoms with Gasteiger partial charge < -0.3 is 14.8 Å². The Hall–Kier alpha value is -3.15. The zero-order valence-electron chi connectivity index (χ0n) is 13.9. The first-order chi connectivity index (χ1) is 12.1. The van der Waals surface area contributed by atoms with Crippen LogP contribution >= 0.6 is 0 Å². The molecule has 0 aliphatic heterocycles. The van der Waals surface area contributed by atoms with Crippen molar-refractivity contribution in [2.75, 3.05) is 18.5 Å². The minimum atomic E-state index is -0.395. The number of nitrogens with one attached hydrogen (secondary N) is 1. The van der Waals surface area contributed by atoms with Gasteiger partial charge in [-0.15, -0.1) is 0 Å². The summed E-state index contributed by atoms with van der Waals surface area (Å²) in [6.07, 6.45) is 1.43. The Bertz CT molecular complexity index is 740. The molecule has 0 radical (unpaired) electrons. The van der Waals surface area contributed by atoms with Gasteiger partial charge in [-0.1, -0.05) is 19.1 Å². The van der Waals surface area contributed by atoms with Crippen LogP contribution in [0.15, 0.2) is 48.5 Å². The summed E-state index contributed by atoms with van der Waals surface area (Å²) in [5, 5.41) is 2.65. The van der Waals surface area contributed by atoms with Crippen LogP contribution in [0.5, 0.6) is 5.75 Å². The lowest BCUT2D eigenvalue weighted by atomic mass is 10.2. The van der Waals surface area contributed by atoms with Crippen molar-refractivity contribution in [2.45, 2.75) is 13.3 Å². The quantitative estimate of drug-likeness (QED) is 0.589. The molecule has 6 nitrogen and oxygen atoms in total. The summed E-state index contributed by atoms with van der Waals surface area (Å²) in [5.74, 6) is -0.419. The average Bonchev–Trinajstić information content (AvgIpc) is 2.65. The number of para-hydroxylation sites is 1. The van der Waals surface area contributed by atoms with E-state index >= 15 is 0 Å². The van der Waals surface area contributed by atoms with Gasteiger partial charge in [-0.05, 0) is 42.8 Å². The maximum absolute atomic E-state index is 11.9. The summed E-state index contributed by atoms with van der Waals surface area (Å²) < 4.78 is 10.4. The van der Waals surface area contributed by atoms with E-state index in [1.165, 1.54) is 0 Å². The smallest absolute Gasteiger partial charge is 0.338 e. The van der Waals surface area contributed by atoms with Gasteiger partial charge in [-0.25, -0.2) is 4.79 Å². The van der Waals surface area contributed by atoms with Crippen LogP contribution < -0.4 is 10.1 Å². The lowest BCUT2D eigenvalue weighted by Crippen LogP contribution is -2.20. The van der Waals surface area contributed by atoms with Crippen LogP contribution in [-0.2, 0) is 9.53 Å². The number of rotatable bonds is 8.